The first kappa shape index (κ1) is 19.2. The van der Waals surface area contributed by atoms with Gasteiger partial charge < -0.3 is 9.84 Å². The normalized spacial score (nSPS) is 11.1. The predicted molar refractivity (Wildman–Crippen MR) is 107 cm³/mol. The van der Waals surface area contributed by atoms with E-state index in [-0.39, 0.29) is 30.2 Å². The van der Waals surface area contributed by atoms with Crippen molar-refractivity contribution in [3.05, 3.63) is 63.8 Å². The van der Waals surface area contributed by atoms with Gasteiger partial charge >= 0.3 is 5.97 Å². The molecule has 2 aromatic carbocycles. The fourth-order valence-corrected chi connectivity index (χ4v) is 3.39. The Morgan fingerprint density at radius 2 is 1.81 bits per heavy atom. The minimum absolute atomic E-state index is 0.0323. The van der Waals surface area contributed by atoms with Crippen molar-refractivity contribution in [2.75, 3.05) is 0 Å². The molecule has 0 saturated carbocycles. The Labute approximate surface area is 165 Å². The molecule has 0 fully saturated rings. The van der Waals surface area contributed by atoms with Crippen LogP contribution in [0.4, 0.5) is 0 Å². The van der Waals surface area contributed by atoms with Crippen LogP contribution in [0.25, 0.3) is 10.9 Å². The molecular formula is C21H20BrNO4. The summed E-state index contributed by atoms with van der Waals surface area (Å²) < 4.78 is 7.72. The SMILES string of the molecule is Cc1c(CC(=O)OC(C)C)c2cc(O)ccc2n1C(=O)c1ccc(Br)cc1. The van der Waals surface area contributed by atoms with E-state index in [1.165, 1.54) is 6.07 Å². The van der Waals surface area contributed by atoms with Gasteiger partial charge in [-0.3, -0.25) is 14.2 Å². The Balaban J connectivity index is 2.13. The molecule has 3 aromatic rings. The molecule has 0 saturated heterocycles. The van der Waals surface area contributed by atoms with Crippen molar-refractivity contribution < 1.29 is 19.4 Å². The van der Waals surface area contributed by atoms with E-state index in [0.29, 0.717) is 27.7 Å². The maximum Gasteiger partial charge on any atom is 0.310 e. The van der Waals surface area contributed by atoms with Crippen LogP contribution in [0.15, 0.2) is 46.9 Å². The number of nitrogens with zero attached hydrogens (tertiary/aromatic N) is 1. The lowest BCUT2D eigenvalue weighted by Gasteiger charge is -2.09. The average Bonchev–Trinajstić information content (AvgIpc) is 2.86. The van der Waals surface area contributed by atoms with Crippen molar-refractivity contribution in [2.45, 2.75) is 33.3 Å². The Bertz CT molecular complexity index is 1020. The van der Waals surface area contributed by atoms with Crippen molar-refractivity contribution in [1.29, 1.82) is 0 Å². The Hall–Kier alpha value is -2.60. The van der Waals surface area contributed by atoms with Crippen molar-refractivity contribution >= 4 is 38.7 Å². The fourth-order valence-electron chi connectivity index (χ4n) is 3.13. The highest BCUT2D eigenvalue weighted by molar-refractivity contribution is 9.10. The lowest BCUT2D eigenvalue weighted by molar-refractivity contribution is -0.146. The Kier molecular flexibility index (Phi) is 5.37. The third kappa shape index (κ3) is 3.90. The monoisotopic (exact) mass is 429 g/mol. The molecule has 1 heterocycles. The number of benzene rings is 2. The van der Waals surface area contributed by atoms with E-state index in [9.17, 15) is 14.7 Å². The predicted octanol–water partition coefficient (Wildman–Crippen LogP) is 4.60. The summed E-state index contributed by atoms with van der Waals surface area (Å²) >= 11 is 3.37. The topological polar surface area (TPSA) is 68.5 Å². The minimum atomic E-state index is -0.369. The number of carbonyl (C=O) groups is 2. The van der Waals surface area contributed by atoms with Gasteiger partial charge in [0.15, 0.2) is 0 Å². The number of fused-ring (bicyclic) bond motifs is 1. The third-order valence-corrected chi connectivity index (χ3v) is 4.83. The number of hydrogen-bond acceptors (Lipinski definition) is 4. The van der Waals surface area contributed by atoms with Gasteiger partial charge in [-0.2, -0.15) is 0 Å². The van der Waals surface area contributed by atoms with Crippen molar-refractivity contribution in [1.82, 2.24) is 4.57 Å². The molecular weight excluding hydrogens is 410 g/mol. The van der Waals surface area contributed by atoms with Crippen LogP contribution in [0.1, 0.15) is 35.5 Å². The Morgan fingerprint density at radius 1 is 1.15 bits per heavy atom. The molecule has 0 atom stereocenters. The molecule has 0 aliphatic heterocycles. The van der Waals surface area contributed by atoms with E-state index in [0.717, 1.165) is 4.47 Å². The van der Waals surface area contributed by atoms with E-state index >= 15 is 0 Å². The number of carbonyl (C=O) groups excluding carboxylic acids is 2. The molecule has 5 nitrogen and oxygen atoms in total. The molecule has 27 heavy (non-hydrogen) atoms. The van der Waals surface area contributed by atoms with E-state index < -0.39 is 0 Å². The van der Waals surface area contributed by atoms with Gasteiger partial charge in [0.1, 0.15) is 5.75 Å². The van der Waals surface area contributed by atoms with Crippen LogP contribution in [0.3, 0.4) is 0 Å². The van der Waals surface area contributed by atoms with Gasteiger partial charge in [0.05, 0.1) is 18.0 Å². The van der Waals surface area contributed by atoms with Crippen LogP contribution in [0, 0.1) is 6.92 Å². The van der Waals surface area contributed by atoms with Gasteiger partial charge in [0, 0.05) is 21.1 Å². The fraction of sp³-hybridized carbons (Fsp3) is 0.238. The van der Waals surface area contributed by atoms with Crippen LogP contribution < -0.4 is 0 Å². The first-order valence-corrected chi connectivity index (χ1v) is 9.40. The highest BCUT2D eigenvalue weighted by Gasteiger charge is 2.22. The quantitative estimate of drug-likeness (QED) is 0.615. The second-order valence-corrected chi connectivity index (χ2v) is 7.54. The maximum absolute atomic E-state index is 13.1. The number of phenols is 1. The maximum atomic E-state index is 13.1. The smallest absolute Gasteiger partial charge is 0.310 e. The van der Waals surface area contributed by atoms with E-state index in [1.54, 1.807) is 61.7 Å². The zero-order valence-corrected chi connectivity index (χ0v) is 16.9. The van der Waals surface area contributed by atoms with Crippen LogP contribution in [-0.4, -0.2) is 27.7 Å². The summed E-state index contributed by atoms with van der Waals surface area (Å²) in [5, 5.41) is 10.6. The molecule has 1 aromatic heterocycles. The van der Waals surface area contributed by atoms with Gasteiger partial charge in [-0.1, -0.05) is 15.9 Å². The number of hydrogen-bond donors (Lipinski definition) is 1. The molecule has 140 valence electrons. The summed E-state index contributed by atoms with van der Waals surface area (Å²) in [5.41, 5.74) is 2.51. The van der Waals surface area contributed by atoms with Gasteiger partial charge in [-0.05, 0) is 68.8 Å². The largest absolute Gasteiger partial charge is 0.508 e. The number of rotatable bonds is 4. The van der Waals surface area contributed by atoms with Gasteiger partial charge in [-0.15, -0.1) is 0 Å². The van der Waals surface area contributed by atoms with Crippen LogP contribution in [-0.2, 0) is 16.0 Å². The summed E-state index contributed by atoms with van der Waals surface area (Å²) in [4.78, 5) is 25.3. The summed E-state index contributed by atoms with van der Waals surface area (Å²) in [6, 6.07) is 11.9. The van der Waals surface area contributed by atoms with E-state index in [2.05, 4.69) is 15.9 Å². The highest BCUT2D eigenvalue weighted by atomic mass is 79.9. The van der Waals surface area contributed by atoms with Gasteiger partial charge in [-0.25, -0.2) is 0 Å². The van der Waals surface area contributed by atoms with Crippen molar-refractivity contribution in [2.24, 2.45) is 0 Å². The zero-order valence-electron chi connectivity index (χ0n) is 15.3. The molecule has 0 aliphatic rings. The number of phenolic OH excluding ortho intramolecular Hbond substituents is 1. The zero-order chi connectivity index (χ0) is 19.7. The van der Waals surface area contributed by atoms with Gasteiger partial charge in [0.2, 0.25) is 0 Å². The summed E-state index contributed by atoms with van der Waals surface area (Å²) in [6.07, 6.45) is -0.186. The molecule has 0 amide bonds. The Morgan fingerprint density at radius 3 is 2.44 bits per heavy atom. The lowest BCUT2D eigenvalue weighted by atomic mass is 10.1. The molecule has 1 N–H and O–H groups in total. The minimum Gasteiger partial charge on any atom is -0.508 e. The van der Waals surface area contributed by atoms with Crippen LogP contribution in [0.5, 0.6) is 5.75 Å². The van der Waals surface area contributed by atoms with E-state index in [1.807, 2.05) is 0 Å². The third-order valence-electron chi connectivity index (χ3n) is 4.30. The van der Waals surface area contributed by atoms with Crippen LogP contribution >= 0.6 is 15.9 Å². The molecule has 0 bridgehead atoms. The first-order valence-electron chi connectivity index (χ1n) is 8.60. The molecule has 0 unspecified atom stereocenters. The second-order valence-electron chi connectivity index (χ2n) is 6.63. The lowest BCUT2D eigenvalue weighted by Crippen LogP contribution is -2.16. The first-order chi connectivity index (χ1) is 12.8. The summed E-state index contributed by atoms with van der Waals surface area (Å²) in [5.74, 6) is -0.486. The summed E-state index contributed by atoms with van der Waals surface area (Å²) in [6.45, 7) is 5.37. The second kappa shape index (κ2) is 7.56. The number of esters is 1. The van der Waals surface area contributed by atoms with Gasteiger partial charge in [0.25, 0.3) is 5.91 Å². The number of ether oxygens (including phenoxy) is 1. The summed E-state index contributed by atoms with van der Waals surface area (Å²) in [7, 11) is 0. The van der Waals surface area contributed by atoms with Crippen molar-refractivity contribution in [3.8, 4) is 5.75 Å². The standard InChI is InChI=1S/C21H20BrNO4/c1-12(2)27-20(25)11-17-13(3)23(19-9-8-16(24)10-18(17)19)21(26)14-4-6-15(22)7-5-14/h4-10,12,24H,11H2,1-3H3. The molecule has 3 rings (SSSR count). The molecule has 0 radical (unpaired) electrons. The van der Waals surface area contributed by atoms with Crippen LogP contribution in [0.2, 0.25) is 0 Å². The average molecular weight is 430 g/mol. The van der Waals surface area contributed by atoms with E-state index in [4.69, 9.17) is 4.74 Å². The molecule has 0 aliphatic carbocycles. The number of halogens is 1. The van der Waals surface area contributed by atoms with Crippen molar-refractivity contribution in [3.63, 3.8) is 0 Å². The molecule has 0 spiro atoms. The number of aromatic hydroxyl groups is 1. The highest BCUT2D eigenvalue weighted by Crippen LogP contribution is 2.30. The number of aromatic nitrogens is 1. The molecule has 6 heteroatoms.